The Morgan fingerprint density at radius 1 is 1.04 bits per heavy atom. The largest absolute Gasteiger partial charge is 0.497 e. The van der Waals surface area contributed by atoms with Crippen LogP contribution in [0, 0.1) is 5.92 Å². The number of ether oxygens (including phenoxy) is 3. The van der Waals surface area contributed by atoms with Crippen LogP contribution in [0.5, 0.6) is 5.75 Å². The zero-order chi connectivity index (χ0) is 39.2. The van der Waals surface area contributed by atoms with Crippen LogP contribution < -0.4 is 20.1 Å². The summed E-state index contributed by atoms with van der Waals surface area (Å²) in [6.45, 7) is 8.41. The van der Waals surface area contributed by atoms with Crippen molar-refractivity contribution in [1.82, 2.24) is 4.90 Å². The monoisotopic (exact) mass is 759 g/mol. The summed E-state index contributed by atoms with van der Waals surface area (Å²) in [7, 11) is 0.365. The number of hydrogen-bond acceptors (Lipinski definition) is 9. The summed E-state index contributed by atoms with van der Waals surface area (Å²) in [5.74, 6) is -1.08. The summed E-state index contributed by atoms with van der Waals surface area (Å²) in [6.07, 6.45) is -0.698. The fourth-order valence-corrected chi connectivity index (χ4v) is 12.2. The van der Waals surface area contributed by atoms with Gasteiger partial charge in [-0.25, -0.2) is 0 Å². The number of aliphatic hydroxyl groups excluding tert-OH is 2. The molecule has 290 valence electrons. The molecule has 0 saturated carbocycles. The van der Waals surface area contributed by atoms with E-state index in [9.17, 15) is 24.6 Å². The van der Waals surface area contributed by atoms with Crippen molar-refractivity contribution in [2.24, 2.45) is 5.92 Å². The summed E-state index contributed by atoms with van der Waals surface area (Å²) in [5, 5.41) is 23.8. The SMILES string of the molecule is COC(=O)CCCCN1C(=O)[C@]2(O[C@H](CC(=O)N(CCO)Cc3ccccc3)[C@@H]([Si](C)(C)c3ccc(OC)cc3)[C@@H]2C)c2cc(NC(=O)[C@H](C)O)ccc21. The van der Waals surface area contributed by atoms with Crippen LogP contribution in [0.15, 0.2) is 72.8 Å². The molecule has 1 fully saturated rings. The molecule has 0 aromatic heterocycles. The Morgan fingerprint density at radius 3 is 2.37 bits per heavy atom. The van der Waals surface area contributed by atoms with Crippen molar-refractivity contribution in [3.05, 3.63) is 83.9 Å². The highest BCUT2D eigenvalue weighted by Gasteiger charge is 2.66. The van der Waals surface area contributed by atoms with Gasteiger partial charge in [-0.1, -0.05) is 67.7 Å². The molecular weight excluding hydrogens is 707 g/mol. The standard InChI is InChI=1S/C41H53N3O9Si/c1-27-38(54(5,6)32-18-16-31(51-3)17-19-32)35(25-36(47)43(22-23-45)26-29-12-8-7-9-13-29)53-41(27)33-24-30(42-39(49)28(2)46)15-20-34(33)44(40(41)50)21-11-10-14-37(48)52-4/h7-9,12-13,15-20,24,27-28,35,38,45-46H,10-11,14,21-23,25-26H2,1-6H3,(H,42,49)/t27-,28-,35+,38-,41+/m0/s1. The first kappa shape index (κ1) is 40.6. The molecular formula is C41H53N3O9Si. The maximum atomic E-state index is 15.1. The number of carbonyl (C=O) groups is 4. The first-order valence-corrected chi connectivity index (χ1v) is 21.6. The van der Waals surface area contributed by atoms with E-state index in [1.807, 2.05) is 49.4 Å². The molecule has 3 N–H and O–H groups in total. The Labute approximate surface area is 318 Å². The minimum atomic E-state index is -2.60. The number of benzene rings is 3. The number of rotatable bonds is 16. The van der Waals surface area contributed by atoms with Gasteiger partial charge >= 0.3 is 5.97 Å². The van der Waals surface area contributed by atoms with Gasteiger partial charge in [0.1, 0.15) is 11.9 Å². The van der Waals surface area contributed by atoms with E-state index in [0.29, 0.717) is 42.9 Å². The second kappa shape index (κ2) is 17.3. The molecule has 3 aromatic rings. The molecule has 0 aliphatic carbocycles. The maximum absolute atomic E-state index is 15.1. The lowest BCUT2D eigenvalue weighted by molar-refractivity contribution is -0.149. The van der Waals surface area contributed by atoms with Crippen LogP contribution in [-0.2, 0) is 40.8 Å². The molecule has 0 bridgehead atoms. The summed E-state index contributed by atoms with van der Waals surface area (Å²) >= 11 is 0. The Kier molecular flexibility index (Phi) is 13.0. The number of amides is 3. The van der Waals surface area contributed by atoms with E-state index in [0.717, 1.165) is 16.5 Å². The summed E-state index contributed by atoms with van der Waals surface area (Å²) < 4.78 is 17.4. The second-order valence-electron chi connectivity index (χ2n) is 14.8. The van der Waals surface area contributed by atoms with Crippen molar-refractivity contribution in [3.63, 3.8) is 0 Å². The fraction of sp³-hybridized carbons (Fsp3) is 0.463. The predicted octanol–water partition coefficient (Wildman–Crippen LogP) is 4.33. The van der Waals surface area contributed by atoms with Gasteiger partial charge in [0.25, 0.3) is 11.8 Å². The smallest absolute Gasteiger partial charge is 0.305 e. The molecule has 1 saturated heterocycles. The van der Waals surface area contributed by atoms with E-state index in [1.165, 1.54) is 14.0 Å². The molecule has 13 heteroatoms. The van der Waals surface area contributed by atoms with Gasteiger partial charge in [0, 0.05) is 43.2 Å². The average Bonchev–Trinajstić information content (AvgIpc) is 3.58. The molecule has 0 unspecified atom stereocenters. The van der Waals surface area contributed by atoms with Crippen LogP contribution in [0.25, 0.3) is 0 Å². The summed E-state index contributed by atoms with van der Waals surface area (Å²) in [4.78, 5) is 57.2. The normalized spacial score (nSPS) is 21.1. The molecule has 0 radical (unpaired) electrons. The third-order valence-corrected chi connectivity index (χ3v) is 15.4. The van der Waals surface area contributed by atoms with E-state index in [4.69, 9.17) is 14.2 Å². The van der Waals surface area contributed by atoms with Gasteiger partial charge in [0.2, 0.25) is 5.91 Å². The lowest BCUT2D eigenvalue weighted by Crippen LogP contribution is -2.52. The van der Waals surface area contributed by atoms with Crippen molar-refractivity contribution < 1.29 is 43.6 Å². The quantitative estimate of drug-likeness (QED) is 0.110. The minimum absolute atomic E-state index is 0.0175. The third-order valence-electron chi connectivity index (χ3n) is 11.0. The number of anilines is 2. The number of hydrogen-bond donors (Lipinski definition) is 3. The first-order valence-electron chi connectivity index (χ1n) is 18.6. The molecule has 3 amide bonds. The van der Waals surface area contributed by atoms with Crippen LogP contribution >= 0.6 is 0 Å². The van der Waals surface area contributed by atoms with E-state index in [2.05, 4.69) is 30.5 Å². The van der Waals surface area contributed by atoms with Gasteiger partial charge in [-0.3, -0.25) is 19.2 Å². The molecule has 54 heavy (non-hydrogen) atoms. The molecule has 3 aromatic carbocycles. The maximum Gasteiger partial charge on any atom is 0.305 e. The van der Waals surface area contributed by atoms with Crippen LogP contribution in [0.2, 0.25) is 18.6 Å². The molecule has 5 rings (SSSR count). The van der Waals surface area contributed by atoms with Crippen molar-refractivity contribution in [2.75, 3.05) is 44.1 Å². The van der Waals surface area contributed by atoms with Gasteiger partial charge < -0.3 is 39.5 Å². The molecule has 1 spiro atoms. The van der Waals surface area contributed by atoms with Gasteiger partial charge in [-0.2, -0.15) is 0 Å². The third kappa shape index (κ3) is 8.24. The lowest BCUT2D eigenvalue weighted by Gasteiger charge is -2.37. The van der Waals surface area contributed by atoms with Crippen molar-refractivity contribution in [3.8, 4) is 5.75 Å². The predicted molar refractivity (Wildman–Crippen MR) is 208 cm³/mol. The lowest BCUT2D eigenvalue weighted by atomic mass is 9.82. The number of methoxy groups -OCH3 is 2. The number of nitrogens with one attached hydrogen (secondary N) is 1. The Balaban J connectivity index is 1.59. The first-order chi connectivity index (χ1) is 25.8. The Bertz CT molecular complexity index is 1800. The zero-order valence-electron chi connectivity index (χ0n) is 32.0. The average molecular weight is 760 g/mol. The van der Waals surface area contributed by atoms with Gasteiger partial charge in [0.15, 0.2) is 5.60 Å². The minimum Gasteiger partial charge on any atom is -0.497 e. The zero-order valence-corrected chi connectivity index (χ0v) is 33.0. The van der Waals surface area contributed by atoms with Crippen molar-refractivity contribution >= 4 is 48.3 Å². The fourth-order valence-electron chi connectivity index (χ4n) is 8.22. The number of carbonyl (C=O) groups excluding carboxylic acids is 4. The number of fused-ring (bicyclic) bond motifs is 2. The van der Waals surface area contributed by atoms with Crippen LogP contribution in [-0.4, -0.2) is 93.0 Å². The topological polar surface area (TPSA) is 155 Å². The van der Waals surface area contributed by atoms with Crippen LogP contribution in [0.3, 0.4) is 0 Å². The van der Waals surface area contributed by atoms with Crippen LogP contribution in [0.1, 0.15) is 50.7 Å². The number of esters is 1. The Morgan fingerprint density at radius 2 is 1.74 bits per heavy atom. The van der Waals surface area contributed by atoms with Gasteiger partial charge in [-0.05, 0) is 61.2 Å². The van der Waals surface area contributed by atoms with Crippen LogP contribution in [0.4, 0.5) is 11.4 Å². The Hall–Kier alpha value is -4.56. The highest BCUT2D eigenvalue weighted by molar-refractivity contribution is 6.91. The van der Waals surface area contributed by atoms with Gasteiger partial charge in [0.05, 0.1) is 47.1 Å². The molecule has 2 aliphatic heterocycles. The van der Waals surface area contributed by atoms with E-state index >= 15 is 4.79 Å². The molecule has 12 nitrogen and oxygen atoms in total. The molecule has 2 heterocycles. The van der Waals surface area contributed by atoms with E-state index in [-0.39, 0.29) is 49.3 Å². The molecule has 5 atom stereocenters. The van der Waals surface area contributed by atoms with Gasteiger partial charge in [-0.15, -0.1) is 0 Å². The number of aliphatic hydroxyl groups is 2. The van der Waals surface area contributed by atoms with Crippen molar-refractivity contribution in [1.29, 1.82) is 0 Å². The number of nitrogens with zero attached hydrogens (tertiary/aromatic N) is 2. The number of unbranched alkanes of at least 4 members (excludes halogenated alkanes) is 1. The second-order valence-corrected chi connectivity index (χ2v) is 19.5. The van der Waals surface area contributed by atoms with E-state index in [1.54, 1.807) is 35.1 Å². The summed E-state index contributed by atoms with van der Waals surface area (Å²) in [6, 6.07) is 22.8. The van der Waals surface area contributed by atoms with E-state index < -0.39 is 37.7 Å². The molecule has 2 aliphatic rings. The highest BCUT2D eigenvalue weighted by atomic mass is 28.3. The highest BCUT2D eigenvalue weighted by Crippen LogP contribution is 2.60. The summed E-state index contributed by atoms with van der Waals surface area (Å²) in [5.41, 5.74) is 0.782. The van der Waals surface area contributed by atoms with Crippen molar-refractivity contribution in [2.45, 2.75) is 82.5 Å².